The van der Waals surface area contributed by atoms with Gasteiger partial charge in [-0.2, -0.15) is 0 Å². The lowest BCUT2D eigenvalue weighted by molar-refractivity contribution is 0.100. The molecule has 0 aliphatic rings. The first kappa shape index (κ1) is 10.3. The maximum Gasteiger partial charge on any atom is 0.168 e. The van der Waals surface area contributed by atoms with Crippen LogP contribution in [-0.2, 0) is 6.42 Å². The Labute approximate surface area is 82.2 Å². The van der Waals surface area contributed by atoms with Crippen molar-refractivity contribution in [1.82, 2.24) is 0 Å². The van der Waals surface area contributed by atoms with E-state index in [1.165, 1.54) is 5.56 Å². The fraction of sp³-hybridized carbons (Fsp3) is 0.300. The number of carbonyl (C=O) groups is 1. The molecule has 0 fully saturated rings. The highest BCUT2D eigenvalue weighted by Gasteiger charge is 2.02. The Morgan fingerprint density at radius 3 is 2.57 bits per heavy atom. The number of azide groups is 1. The third-order valence-corrected chi connectivity index (χ3v) is 1.96. The monoisotopic (exact) mass is 189 g/mol. The van der Waals surface area contributed by atoms with E-state index in [4.69, 9.17) is 5.53 Å². The molecule has 4 nitrogen and oxygen atoms in total. The van der Waals surface area contributed by atoms with Crippen LogP contribution in [0.3, 0.4) is 0 Å². The summed E-state index contributed by atoms with van der Waals surface area (Å²) in [6.07, 6.45) is 0.949. The molecule has 0 unspecified atom stereocenters. The van der Waals surface area contributed by atoms with E-state index in [0.717, 1.165) is 6.42 Å². The Morgan fingerprint density at radius 1 is 1.43 bits per heavy atom. The van der Waals surface area contributed by atoms with E-state index in [0.29, 0.717) is 5.56 Å². The Hall–Kier alpha value is -1.80. The summed E-state index contributed by atoms with van der Waals surface area (Å²) in [5, 5.41) is 3.22. The summed E-state index contributed by atoms with van der Waals surface area (Å²) in [7, 11) is 0. The summed E-state index contributed by atoms with van der Waals surface area (Å²) < 4.78 is 0. The lowest BCUT2D eigenvalue weighted by Gasteiger charge is -1.99. The number of hydrogen-bond acceptors (Lipinski definition) is 2. The molecule has 72 valence electrons. The summed E-state index contributed by atoms with van der Waals surface area (Å²) >= 11 is 0. The van der Waals surface area contributed by atoms with Crippen molar-refractivity contribution in [1.29, 1.82) is 0 Å². The second kappa shape index (κ2) is 5.04. The van der Waals surface area contributed by atoms with Gasteiger partial charge in [0.15, 0.2) is 5.78 Å². The van der Waals surface area contributed by atoms with Crippen LogP contribution in [0.2, 0.25) is 0 Å². The van der Waals surface area contributed by atoms with Gasteiger partial charge in [-0.1, -0.05) is 36.3 Å². The van der Waals surface area contributed by atoms with Crippen molar-refractivity contribution in [3.63, 3.8) is 0 Å². The van der Waals surface area contributed by atoms with Gasteiger partial charge in [-0.05, 0) is 17.5 Å². The predicted molar refractivity (Wildman–Crippen MR) is 54.2 cm³/mol. The van der Waals surface area contributed by atoms with Crippen LogP contribution in [0.1, 0.15) is 22.8 Å². The van der Waals surface area contributed by atoms with Gasteiger partial charge in [0.25, 0.3) is 0 Å². The van der Waals surface area contributed by atoms with Gasteiger partial charge in [0.05, 0.1) is 6.54 Å². The third-order valence-electron chi connectivity index (χ3n) is 1.96. The van der Waals surface area contributed by atoms with E-state index in [-0.39, 0.29) is 12.3 Å². The number of benzene rings is 1. The van der Waals surface area contributed by atoms with Crippen molar-refractivity contribution >= 4 is 5.78 Å². The van der Waals surface area contributed by atoms with Crippen molar-refractivity contribution in [2.45, 2.75) is 13.3 Å². The number of ketones is 1. The van der Waals surface area contributed by atoms with Gasteiger partial charge in [-0.15, -0.1) is 0 Å². The van der Waals surface area contributed by atoms with Crippen LogP contribution in [0.5, 0.6) is 0 Å². The molecule has 1 aromatic rings. The van der Waals surface area contributed by atoms with Crippen molar-refractivity contribution in [2.24, 2.45) is 5.11 Å². The molecular weight excluding hydrogens is 178 g/mol. The summed E-state index contributed by atoms with van der Waals surface area (Å²) in [5.41, 5.74) is 9.83. The highest BCUT2D eigenvalue weighted by Crippen LogP contribution is 2.05. The van der Waals surface area contributed by atoms with E-state index >= 15 is 0 Å². The predicted octanol–water partition coefficient (Wildman–Crippen LogP) is 2.74. The SMILES string of the molecule is CCc1ccc(C(=O)CN=[N+]=[N-])cc1. The quantitative estimate of drug-likeness (QED) is 0.311. The van der Waals surface area contributed by atoms with E-state index < -0.39 is 0 Å². The van der Waals surface area contributed by atoms with Gasteiger partial charge in [0, 0.05) is 10.5 Å². The van der Waals surface area contributed by atoms with Gasteiger partial charge in [-0.3, -0.25) is 4.79 Å². The fourth-order valence-electron chi connectivity index (χ4n) is 1.11. The zero-order chi connectivity index (χ0) is 10.4. The number of carbonyl (C=O) groups excluding carboxylic acids is 1. The van der Waals surface area contributed by atoms with Crippen molar-refractivity contribution in [3.8, 4) is 0 Å². The molecule has 0 saturated carbocycles. The normalized spacial score (nSPS) is 9.21. The number of hydrogen-bond donors (Lipinski definition) is 0. The van der Waals surface area contributed by atoms with Gasteiger partial charge in [-0.25, -0.2) is 0 Å². The molecular formula is C10H11N3O. The summed E-state index contributed by atoms with van der Waals surface area (Å²) in [4.78, 5) is 13.9. The maximum atomic E-state index is 11.3. The minimum Gasteiger partial charge on any atom is -0.294 e. The fourth-order valence-corrected chi connectivity index (χ4v) is 1.11. The molecule has 14 heavy (non-hydrogen) atoms. The first-order valence-electron chi connectivity index (χ1n) is 4.41. The lowest BCUT2D eigenvalue weighted by Crippen LogP contribution is -2.02. The molecule has 0 spiro atoms. The van der Waals surface area contributed by atoms with Crippen molar-refractivity contribution < 1.29 is 4.79 Å². The zero-order valence-electron chi connectivity index (χ0n) is 7.97. The topological polar surface area (TPSA) is 65.8 Å². The average molecular weight is 189 g/mol. The molecule has 0 aliphatic carbocycles. The standard InChI is InChI=1S/C10H11N3O/c1-2-8-3-5-9(6-4-8)10(14)7-12-13-11/h3-6H,2,7H2,1H3. The lowest BCUT2D eigenvalue weighted by atomic mass is 10.1. The second-order valence-electron chi connectivity index (χ2n) is 2.86. The summed E-state index contributed by atoms with van der Waals surface area (Å²) in [5.74, 6) is -0.148. The van der Waals surface area contributed by atoms with Gasteiger partial charge in [0.1, 0.15) is 0 Å². The van der Waals surface area contributed by atoms with Crippen LogP contribution in [-0.4, -0.2) is 12.3 Å². The summed E-state index contributed by atoms with van der Waals surface area (Å²) in [6, 6.07) is 7.33. The van der Waals surface area contributed by atoms with Crippen LogP contribution >= 0.6 is 0 Å². The van der Waals surface area contributed by atoms with Crippen LogP contribution in [0.15, 0.2) is 29.4 Å². The zero-order valence-corrected chi connectivity index (χ0v) is 7.97. The van der Waals surface area contributed by atoms with Gasteiger partial charge < -0.3 is 0 Å². The number of nitrogens with zero attached hydrogens (tertiary/aromatic N) is 3. The van der Waals surface area contributed by atoms with E-state index in [9.17, 15) is 4.79 Å². The molecule has 0 bridgehead atoms. The van der Waals surface area contributed by atoms with Crippen LogP contribution in [0.25, 0.3) is 10.4 Å². The second-order valence-corrected chi connectivity index (χ2v) is 2.86. The Kier molecular flexibility index (Phi) is 3.70. The molecule has 0 atom stereocenters. The molecule has 1 rings (SSSR count). The number of rotatable bonds is 4. The molecule has 0 radical (unpaired) electrons. The Balaban J connectivity index is 2.76. The molecule has 0 aromatic heterocycles. The third kappa shape index (κ3) is 2.61. The minimum atomic E-state index is -0.148. The Bertz CT molecular complexity index is 363. The number of aryl methyl sites for hydroxylation is 1. The highest BCUT2D eigenvalue weighted by atomic mass is 16.1. The Morgan fingerprint density at radius 2 is 2.07 bits per heavy atom. The van der Waals surface area contributed by atoms with Crippen LogP contribution < -0.4 is 0 Å². The molecule has 0 saturated heterocycles. The molecule has 0 amide bonds. The highest BCUT2D eigenvalue weighted by molar-refractivity contribution is 5.97. The smallest absolute Gasteiger partial charge is 0.168 e. The molecule has 1 aromatic carbocycles. The average Bonchev–Trinajstić information content (AvgIpc) is 2.26. The largest absolute Gasteiger partial charge is 0.294 e. The first-order valence-corrected chi connectivity index (χ1v) is 4.41. The maximum absolute atomic E-state index is 11.3. The van der Waals surface area contributed by atoms with Crippen LogP contribution in [0.4, 0.5) is 0 Å². The summed E-state index contributed by atoms with van der Waals surface area (Å²) in [6.45, 7) is 1.94. The molecule has 0 aliphatic heterocycles. The van der Waals surface area contributed by atoms with E-state index in [2.05, 4.69) is 16.9 Å². The van der Waals surface area contributed by atoms with Crippen molar-refractivity contribution in [3.05, 3.63) is 45.8 Å². The molecule has 0 N–H and O–H groups in total. The van der Waals surface area contributed by atoms with E-state index in [1.807, 2.05) is 12.1 Å². The van der Waals surface area contributed by atoms with E-state index in [1.54, 1.807) is 12.1 Å². The molecule has 4 heteroatoms. The number of Topliss-reactive ketones (excluding diaryl/α,β-unsaturated/α-hetero) is 1. The van der Waals surface area contributed by atoms with Crippen LogP contribution in [0, 0.1) is 0 Å². The molecule has 0 heterocycles. The van der Waals surface area contributed by atoms with Gasteiger partial charge >= 0.3 is 0 Å². The minimum absolute atomic E-state index is 0.109. The first-order chi connectivity index (χ1) is 6.77. The van der Waals surface area contributed by atoms with Crippen molar-refractivity contribution in [2.75, 3.05) is 6.54 Å². The van der Waals surface area contributed by atoms with Gasteiger partial charge in [0.2, 0.25) is 0 Å².